The molecular formula is C16H23NO3S. The van der Waals surface area contributed by atoms with Crippen LogP contribution in [0.2, 0.25) is 0 Å². The van der Waals surface area contributed by atoms with Crippen molar-refractivity contribution in [1.29, 1.82) is 0 Å². The maximum absolute atomic E-state index is 12.8. The first-order chi connectivity index (χ1) is 9.87. The Hall–Kier alpha value is -1.20. The summed E-state index contributed by atoms with van der Waals surface area (Å²) in [6, 6.07) is 6.40. The molecule has 5 heteroatoms. The number of nitrogens with zero attached hydrogens (tertiary/aromatic N) is 1. The van der Waals surface area contributed by atoms with Crippen LogP contribution in [-0.2, 0) is 10.0 Å². The van der Waals surface area contributed by atoms with Crippen LogP contribution in [-0.4, -0.2) is 31.1 Å². The van der Waals surface area contributed by atoms with Crippen molar-refractivity contribution in [2.24, 2.45) is 5.92 Å². The summed E-state index contributed by atoms with van der Waals surface area (Å²) < 4.78 is 27.2. The molecule has 0 amide bonds. The summed E-state index contributed by atoms with van der Waals surface area (Å²) in [4.78, 5) is 12.0. The molecule has 0 aliphatic carbocycles. The van der Waals surface area contributed by atoms with Crippen molar-refractivity contribution < 1.29 is 13.2 Å². The predicted octanol–water partition coefficient (Wildman–Crippen LogP) is 3.09. The lowest BCUT2D eigenvalue weighted by Crippen LogP contribution is -2.45. The maximum atomic E-state index is 12.8. The van der Waals surface area contributed by atoms with E-state index in [2.05, 4.69) is 6.92 Å². The fraction of sp³-hybridized carbons (Fsp3) is 0.562. The number of Topliss-reactive ketones (excluding diaryl/α,β-unsaturated/α-hetero) is 1. The van der Waals surface area contributed by atoms with Crippen LogP contribution >= 0.6 is 0 Å². The second-order valence-electron chi connectivity index (χ2n) is 5.78. The van der Waals surface area contributed by atoms with Gasteiger partial charge in [-0.05, 0) is 37.8 Å². The molecule has 1 aliphatic heterocycles. The largest absolute Gasteiger partial charge is 0.294 e. The molecule has 2 atom stereocenters. The molecule has 0 radical (unpaired) electrons. The minimum absolute atomic E-state index is 0.00529. The van der Waals surface area contributed by atoms with Crippen molar-refractivity contribution in [1.82, 2.24) is 4.31 Å². The van der Waals surface area contributed by atoms with E-state index in [9.17, 15) is 13.2 Å². The van der Waals surface area contributed by atoms with Gasteiger partial charge in [0, 0.05) is 24.6 Å². The predicted molar refractivity (Wildman–Crippen MR) is 82.8 cm³/mol. The Labute approximate surface area is 127 Å². The fourth-order valence-electron chi connectivity index (χ4n) is 2.81. The quantitative estimate of drug-likeness (QED) is 0.803. The maximum Gasteiger partial charge on any atom is 0.243 e. The highest BCUT2D eigenvalue weighted by atomic mass is 32.2. The molecule has 21 heavy (non-hydrogen) atoms. The average Bonchev–Trinajstić information content (AvgIpc) is 2.49. The van der Waals surface area contributed by atoms with Crippen molar-refractivity contribution in [3.8, 4) is 0 Å². The van der Waals surface area contributed by atoms with Crippen molar-refractivity contribution in [3.05, 3.63) is 29.8 Å². The zero-order valence-corrected chi connectivity index (χ0v) is 13.7. The monoisotopic (exact) mass is 309 g/mol. The highest BCUT2D eigenvalue weighted by Gasteiger charge is 2.34. The number of carbonyl (C=O) groups is 1. The van der Waals surface area contributed by atoms with E-state index in [-0.39, 0.29) is 16.7 Å². The molecule has 2 unspecified atom stereocenters. The second kappa shape index (κ2) is 6.28. The number of carbonyl (C=O) groups excluding carboxylic acids is 1. The molecule has 116 valence electrons. The van der Waals surface area contributed by atoms with Gasteiger partial charge in [-0.15, -0.1) is 0 Å². The number of piperidine rings is 1. The molecule has 4 nitrogen and oxygen atoms in total. The smallest absolute Gasteiger partial charge is 0.243 e. The standard InChI is InChI=1S/C16H23NO3S/c1-4-16(18)14-8-5-9-15(11-14)21(19,20)17-10-6-7-12(2)13(17)3/h5,8-9,11-13H,4,6-7,10H2,1-3H3. The lowest BCUT2D eigenvalue weighted by molar-refractivity contribution is 0.0988. The Kier molecular flexibility index (Phi) is 4.84. The molecule has 0 spiro atoms. The van der Waals surface area contributed by atoms with Gasteiger partial charge in [-0.1, -0.05) is 26.0 Å². The molecule has 0 saturated carbocycles. The first-order valence-corrected chi connectivity index (χ1v) is 8.97. The van der Waals surface area contributed by atoms with E-state index in [0.29, 0.717) is 24.4 Å². The molecule has 1 saturated heterocycles. The summed E-state index contributed by atoms with van der Waals surface area (Å²) in [5.41, 5.74) is 0.469. The molecule has 0 bridgehead atoms. The molecule has 1 aliphatic rings. The third-order valence-electron chi connectivity index (χ3n) is 4.40. The molecule has 2 rings (SSSR count). The van der Waals surface area contributed by atoms with E-state index in [4.69, 9.17) is 0 Å². The molecule has 0 aromatic heterocycles. The summed E-state index contributed by atoms with van der Waals surface area (Å²) in [5.74, 6) is 0.320. The first-order valence-electron chi connectivity index (χ1n) is 7.53. The lowest BCUT2D eigenvalue weighted by Gasteiger charge is -2.36. The van der Waals surface area contributed by atoms with Crippen LogP contribution in [0.15, 0.2) is 29.2 Å². The highest BCUT2D eigenvalue weighted by Crippen LogP contribution is 2.29. The topological polar surface area (TPSA) is 54.5 Å². The summed E-state index contributed by atoms with van der Waals surface area (Å²) >= 11 is 0. The Morgan fingerprint density at radius 1 is 1.33 bits per heavy atom. The van der Waals surface area contributed by atoms with E-state index >= 15 is 0 Å². The van der Waals surface area contributed by atoms with Gasteiger partial charge in [-0.3, -0.25) is 4.79 Å². The van der Waals surface area contributed by atoms with E-state index in [1.807, 2.05) is 6.92 Å². The minimum atomic E-state index is -3.53. The molecule has 0 N–H and O–H groups in total. The Bertz CT molecular complexity index is 624. The summed E-state index contributed by atoms with van der Waals surface area (Å²) in [6.45, 7) is 6.38. The van der Waals surface area contributed by atoms with Gasteiger partial charge in [0.05, 0.1) is 4.90 Å². The molecular weight excluding hydrogens is 286 g/mol. The number of sulfonamides is 1. The van der Waals surface area contributed by atoms with Crippen LogP contribution in [0.5, 0.6) is 0 Å². The van der Waals surface area contributed by atoms with E-state index in [0.717, 1.165) is 12.8 Å². The molecule has 1 heterocycles. The van der Waals surface area contributed by atoms with Gasteiger partial charge < -0.3 is 0 Å². The van der Waals surface area contributed by atoms with Gasteiger partial charge in [0.2, 0.25) is 10.0 Å². The van der Waals surface area contributed by atoms with Crippen LogP contribution in [0.3, 0.4) is 0 Å². The number of rotatable bonds is 4. The van der Waals surface area contributed by atoms with Crippen LogP contribution < -0.4 is 0 Å². The summed E-state index contributed by atoms with van der Waals surface area (Å²) in [7, 11) is -3.53. The van der Waals surface area contributed by atoms with Crippen molar-refractivity contribution in [3.63, 3.8) is 0 Å². The van der Waals surface area contributed by atoms with Crippen molar-refractivity contribution in [2.45, 2.75) is 51.0 Å². The van der Waals surface area contributed by atoms with Crippen LogP contribution in [0.4, 0.5) is 0 Å². The van der Waals surface area contributed by atoms with Gasteiger partial charge in [0.1, 0.15) is 0 Å². The number of hydrogen-bond donors (Lipinski definition) is 0. The molecule has 1 aromatic carbocycles. The van der Waals surface area contributed by atoms with Crippen molar-refractivity contribution >= 4 is 15.8 Å². The SMILES string of the molecule is CCC(=O)c1cccc(S(=O)(=O)N2CCCC(C)C2C)c1. The summed E-state index contributed by atoms with van der Waals surface area (Å²) in [6.07, 6.45) is 2.32. The zero-order chi connectivity index (χ0) is 15.6. The lowest BCUT2D eigenvalue weighted by atomic mass is 9.94. The highest BCUT2D eigenvalue weighted by molar-refractivity contribution is 7.89. The number of ketones is 1. The average molecular weight is 309 g/mol. The third-order valence-corrected chi connectivity index (χ3v) is 6.38. The minimum Gasteiger partial charge on any atom is -0.294 e. The Morgan fingerprint density at radius 2 is 2.05 bits per heavy atom. The molecule has 1 aromatic rings. The third kappa shape index (κ3) is 3.19. The normalized spacial score (nSPS) is 24.0. The van der Waals surface area contributed by atoms with Gasteiger partial charge >= 0.3 is 0 Å². The summed E-state index contributed by atoms with van der Waals surface area (Å²) in [5, 5.41) is 0. The van der Waals surface area contributed by atoms with Gasteiger partial charge in [-0.25, -0.2) is 8.42 Å². The van der Waals surface area contributed by atoms with E-state index < -0.39 is 10.0 Å². The second-order valence-corrected chi connectivity index (χ2v) is 7.67. The first kappa shape index (κ1) is 16.2. The van der Waals surface area contributed by atoms with E-state index in [1.165, 1.54) is 6.07 Å². The zero-order valence-electron chi connectivity index (χ0n) is 12.9. The Balaban J connectivity index is 2.37. The van der Waals surface area contributed by atoms with Gasteiger partial charge in [0.15, 0.2) is 5.78 Å². The van der Waals surface area contributed by atoms with E-state index in [1.54, 1.807) is 29.4 Å². The molecule has 1 fully saturated rings. The fourth-order valence-corrected chi connectivity index (χ4v) is 4.62. The number of benzene rings is 1. The van der Waals surface area contributed by atoms with Crippen LogP contribution in [0.25, 0.3) is 0 Å². The van der Waals surface area contributed by atoms with Crippen LogP contribution in [0.1, 0.15) is 50.4 Å². The van der Waals surface area contributed by atoms with Gasteiger partial charge in [0.25, 0.3) is 0 Å². The van der Waals surface area contributed by atoms with Crippen LogP contribution in [0, 0.1) is 5.92 Å². The Morgan fingerprint density at radius 3 is 2.71 bits per heavy atom. The van der Waals surface area contributed by atoms with Gasteiger partial charge in [-0.2, -0.15) is 4.31 Å². The van der Waals surface area contributed by atoms with Crippen molar-refractivity contribution in [2.75, 3.05) is 6.54 Å². The number of hydrogen-bond acceptors (Lipinski definition) is 3.